The zero-order valence-corrected chi connectivity index (χ0v) is 20.3. The summed E-state index contributed by atoms with van der Waals surface area (Å²) in [6.07, 6.45) is 3.45. The third-order valence-electron chi connectivity index (χ3n) is 7.02. The highest BCUT2D eigenvalue weighted by molar-refractivity contribution is 6.09. The fourth-order valence-electron chi connectivity index (χ4n) is 5.08. The Morgan fingerprint density at radius 1 is 1.03 bits per heavy atom. The third-order valence-corrected chi connectivity index (χ3v) is 7.02. The second-order valence-electron chi connectivity index (χ2n) is 9.21. The van der Waals surface area contributed by atoms with Gasteiger partial charge in [0.2, 0.25) is 0 Å². The van der Waals surface area contributed by atoms with Crippen molar-refractivity contribution >= 4 is 16.8 Å². The first-order chi connectivity index (χ1) is 17.6. The molecular formula is C29H29FN2O4. The van der Waals surface area contributed by atoms with Gasteiger partial charge in [0, 0.05) is 28.0 Å². The average molecular weight is 489 g/mol. The van der Waals surface area contributed by atoms with Gasteiger partial charge in [-0.2, -0.15) is 0 Å². The Morgan fingerprint density at radius 3 is 2.61 bits per heavy atom. The van der Waals surface area contributed by atoms with Crippen LogP contribution in [0.4, 0.5) is 4.39 Å². The molecule has 0 atom stereocenters. The Kier molecular flexibility index (Phi) is 7.00. The van der Waals surface area contributed by atoms with Gasteiger partial charge in [0.15, 0.2) is 22.9 Å². The standard InChI is InChI=1S/C29H29FN2O4/c1-34-24-11-8-21(27(33)20-6-3-2-4-7-20)18-26(24)35-17-5-12-29(13-15-31-16-14-29)28-23-10-9-22(30)19-25(23)36-32-28/h2-4,6-11,18-19,31H,5,12-17H2,1H3. The maximum atomic E-state index is 13.7. The van der Waals surface area contributed by atoms with Gasteiger partial charge in [-0.1, -0.05) is 35.5 Å². The molecule has 1 aliphatic heterocycles. The number of nitrogens with zero attached hydrogens (tertiary/aromatic N) is 1. The minimum Gasteiger partial charge on any atom is -0.493 e. The lowest BCUT2D eigenvalue weighted by Gasteiger charge is -2.36. The summed E-state index contributed by atoms with van der Waals surface area (Å²) >= 11 is 0. The van der Waals surface area contributed by atoms with E-state index in [2.05, 4.69) is 10.5 Å². The van der Waals surface area contributed by atoms with Gasteiger partial charge in [0.25, 0.3) is 0 Å². The van der Waals surface area contributed by atoms with E-state index in [0.717, 1.165) is 49.9 Å². The van der Waals surface area contributed by atoms with Crippen LogP contribution in [0.15, 0.2) is 71.3 Å². The van der Waals surface area contributed by atoms with Crippen LogP contribution < -0.4 is 14.8 Å². The van der Waals surface area contributed by atoms with Gasteiger partial charge in [0.1, 0.15) is 5.82 Å². The molecule has 1 saturated heterocycles. The molecule has 1 aromatic heterocycles. The Labute approximate surface area is 209 Å². The molecule has 0 unspecified atom stereocenters. The molecule has 36 heavy (non-hydrogen) atoms. The lowest BCUT2D eigenvalue weighted by atomic mass is 9.72. The van der Waals surface area contributed by atoms with Crippen LogP contribution in [0.2, 0.25) is 0 Å². The van der Waals surface area contributed by atoms with Gasteiger partial charge in [-0.3, -0.25) is 4.79 Å². The number of ketones is 1. The minimum atomic E-state index is -0.333. The fourth-order valence-corrected chi connectivity index (χ4v) is 5.08. The highest BCUT2D eigenvalue weighted by Crippen LogP contribution is 2.41. The van der Waals surface area contributed by atoms with Crippen LogP contribution in [0.3, 0.4) is 0 Å². The molecule has 0 amide bonds. The van der Waals surface area contributed by atoms with Crippen molar-refractivity contribution < 1.29 is 23.2 Å². The van der Waals surface area contributed by atoms with Crippen LogP contribution in [0.1, 0.15) is 47.3 Å². The molecule has 0 spiro atoms. The van der Waals surface area contributed by atoms with E-state index < -0.39 is 0 Å². The summed E-state index contributed by atoms with van der Waals surface area (Å²) in [4.78, 5) is 12.9. The number of fused-ring (bicyclic) bond motifs is 1. The first-order valence-electron chi connectivity index (χ1n) is 12.3. The van der Waals surface area contributed by atoms with Crippen molar-refractivity contribution in [2.45, 2.75) is 31.1 Å². The van der Waals surface area contributed by atoms with Crippen LogP contribution in [0.5, 0.6) is 11.5 Å². The predicted octanol–water partition coefficient (Wildman–Crippen LogP) is 5.69. The molecule has 5 rings (SSSR count). The lowest BCUT2D eigenvalue weighted by Crippen LogP contribution is -2.40. The summed E-state index contributed by atoms with van der Waals surface area (Å²) in [7, 11) is 1.59. The number of carbonyl (C=O) groups excluding carboxylic acids is 1. The van der Waals surface area contributed by atoms with Gasteiger partial charge in [-0.15, -0.1) is 0 Å². The second kappa shape index (κ2) is 10.5. The molecule has 186 valence electrons. The maximum Gasteiger partial charge on any atom is 0.193 e. The Balaban J connectivity index is 1.31. The van der Waals surface area contributed by atoms with E-state index in [1.165, 1.54) is 12.1 Å². The van der Waals surface area contributed by atoms with E-state index in [0.29, 0.717) is 34.8 Å². The number of nitrogens with one attached hydrogen (secondary N) is 1. The molecule has 0 radical (unpaired) electrons. The quantitative estimate of drug-likeness (QED) is 0.241. The van der Waals surface area contributed by atoms with Gasteiger partial charge in [-0.25, -0.2) is 4.39 Å². The third kappa shape index (κ3) is 4.84. The van der Waals surface area contributed by atoms with Gasteiger partial charge >= 0.3 is 0 Å². The molecule has 2 heterocycles. The summed E-state index contributed by atoms with van der Waals surface area (Å²) in [5.74, 6) is 0.729. The summed E-state index contributed by atoms with van der Waals surface area (Å²) in [6, 6.07) is 19.0. The van der Waals surface area contributed by atoms with E-state index in [-0.39, 0.29) is 17.0 Å². The number of hydrogen-bond acceptors (Lipinski definition) is 6. The largest absolute Gasteiger partial charge is 0.493 e. The van der Waals surface area contributed by atoms with Crippen molar-refractivity contribution in [2.75, 3.05) is 26.8 Å². The molecule has 6 nitrogen and oxygen atoms in total. The van der Waals surface area contributed by atoms with Crippen LogP contribution >= 0.6 is 0 Å². The molecule has 0 bridgehead atoms. The molecule has 1 fully saturated rings. The molecule has 7 heteroatoms. The Bertz CT molecular complexity index is 1350. The number of ether oxygens (including phenoxy) is 2. The molecule has 1 N–H and O–H groups in total. The zero-order valence-electron chi connectivity index (χ0n) is 20.3. The molecular weight excluding hydrogens is 459 g/mol. The van der Waals surface area contributed by atoms with Crippen molar-refractivity contribution in [1.82, 2.24) is 10.5 Å². The SMILES string of the molecule is COc1ccc(C(=O)c2ccccc2)cc1OCCCC1(c2noc3cc(F)ccc23)CCNCC1. The van der Waals surface area contributed by atoms with Crippen LogP contribution in [-0.4, -0.2) is 37.7 Å². The van der Waals surface area contributed by atoms with Gasteiger partial charge in [-0.05, 0) is 69.1 Å². The lowest BCUT2D eigenvalue weighted by molar-refractivity contribution is 0.103. The van der Waals surface area contributed by atoms with Gasteiger partial charge in [0.05, 0.1) is 19.4 Å². The summed E-state index contributed by atoms with van der Waals surface area (Å²) in [5, 5.41) is 8.68. The van der Waals surface area contributed by atoms with E-state index in [1.54, 1.807) is 43.5 Å². The highest BCUT2D eigenvalue weighted by Gasteiger charge is 2.37. The number of piperidine rings is 1. The normalized spacial score (nSPS) is 15.1. The molecule has 3 aromatic carbocycles. The van der Waals surface area contributed by atoms with Crippen LogP contribution in [-0.2, 0) is 5.41 Å². The molecule has 0 saturated carbocycles. The Morgan fingerprint density at radius 2 is 1.83 bits per heavy atom. The predicted molar refractivity (Wildman–Crippen MR) is 135 cm³/mol. The Hall–Kier alpha value is -3.71. The number of carbonyl (C=O) groups is 1. The first-order valence-corrected chi connectivity index (χ1v) is 12.3. The monoisotopic (exact) mass is 488 g/mol. The fraction of sp³-hybridized carbons (Fsp3) is 0.310. The summed E-state index contributed by atoms with van der Waals surface area (Å²) in [6.45, 7) is 2.22. The number of benzene rings is 3. The van der Waals surface area contributed by atoms with Crippen LogP contribution in [0, 0.1) is 5.82 Å². The van der Waals surface area contributed by atoms with E-state index in [9.17, 15) is 9.18 Å². The molecule has 0 aliphatic carbocycles. The number of hydrogen-bond donors (Lipinski definition) is 1. The van der Waals surface area contributed by atoms with Crippen molar-refractivity contribution in [1.29, 1.82) is 0 Å². The maximum absolute atomic E-state index is 13.7. The van der Waals surface area contributed by atoms with Gasteiger partial charge < -0.3 is 19.3 Å². The van der Waals surface area contributed by atoms with Crippen molar-refractivity contribution in [3.63, 3.8) is 0 Å². The highest BCUT2D eigenvalue weighted by atomic mass is 19.1. The molecule has 1 aliphatic rings. The summed E-state index contributed by atoms with van der Waals surface area (Å²) < 4.78 is 30.8. The van der Waals surface area contributed by atoms with E-state index >= 15 is 0 Å². The van der Waals surface area contributed by atoms with E-state index in [1.807, 2.05) is 18.2 Å². The number of methoxy groups -OCH3 is 1. The van der Waals surface area contributed by atoms with Crippen LogP contribution in [0.25, 0.3) is 11.0 Å². The number of rotatable bonds is 9. The topological polar surface area (TPSA) is 73.6 Å². The van der Waals surface area contributed by atoms with Crippen molar-refractivity contribution in [3.8, 4) is 11.5 Å². The molecule has 4 aromatic rings. The first kappa shape index (κ1) is 24.0. The smallest absolute Gasteiger partial charge is 0.193 e. The number of halogens is 1. The second-order valence-corrected chi connectivity index (χ2v) is 9.21. The van der Waals surface area contributed by atoms with Crippen molar-refractivity contribution in [3.05, 3.63) is 89.4 Å². The zero-order chi connectivity index (χ0) is 25.0. The van der Waals surface area contributed by atoms with Crippen molar-refractivity contribution in [2.24, 2.45) is 0 Å². The number of aromatic nitrogens is 1. The van der Waals surface area contributed by atoms with E-state index in [4.69, 9.17) is 14.0 Å². The summed E-state index contributed by atoms with van der Waals surface area (Å²) in [5.41, 5.74) is 2.37. The minimum absolute atomic E-state index is 0.0638. The average Bonchev–Trinajstić information content (AvgIpc) is 3.35.